The van der Waals surface area contributed by atoms with E-state index in [9.17, 15) is 0 Å². The Hall–Kier alpha value is -0.0400. The van der Waals surface area contributed by atoms with Crippen LogP contribution in [0.3, 0.4) is 0 Å². The number of hydrogen-bond donors (Lipinski definition) is 1. The van der Waals surface area contributed by atoms with Crippen molar-refractivity contribution in [2.45, 2.75) is 40.0 Å². The average Bonchev–Trinajstić information content (AvgIpc) is 1.86. The summed E-state index contributed by atoms with van der Waals surface area (Å²) in [6, 6.07) is 0. The van der Waals surface area contributed by atoms with Gasteiger partial charge in [0, 0.05) is 0 Å². The smallest absolute Gasteiger partial charge is 0.00746 e. The van der Waals surface area contributed by atoms with E-state index in [4.69, 9.17) is 5.73 Å². The summed E-state index contributed by atoms with van der Waals surface area (Å²) in [7, 11) is 0. The third-order valence-corrected chi connectivity index (χ3v) is 1.96. The van der Waals surface area contributed by atoms with Gasteiger partial charge in [-0.25, -0.2) is 0 Å². The topological polar surface area (TPSA) is 26.0 Å². The zero-order chi connectivity index (χ0) is 7.98. The minimum absolute atomic E-state index is 0.830. The van der Waals surface area contributed by atoms with E-state index in [1.165, 1.54) is 19.3 Å². The Kier molecular flexibility index (Phi) is 5.70. The summed E-state index contributed by atoms with van der Waals surface area (Å²) in [5, 5.41) is 0. The largest absolute Gasteiger partial charge is 0.330 e. The maximum Gasteiger partial charge on any atom is -0.00746 e. The van der Waals surface area contributed by atoms with Crippen LogP contribution >= 0.6 is 0 Å². The van der Waals surface area contributed by atoms with Crippen molar-refractivity contribution >= 4 is 0 Å². The number of nitrogens with two attached hydrogens (primary N) is 1. The molecule has 62 valence electrons. The van der Waals surface area contributed by atoms with Gasteiger partial charge in [-0.1, -0.05) is 27.2 Å². The average molecular weight is 143 g/mol. The third-order valence-electron chi connectivity index (χ3n) is 1.96. The zero-order valence-electron chi connectivity index (χ0n) is 7.56. The first-order valence-corrected chi connectivity index (χ1v) is 4.40. The van der Waals surface area contributed by atoms with E-state index in [1.807, 2.05) is 0 Å². The van der Waals surface area contributed by atoms with Crippen LogP contribution in [0.1, 0.15) is 40.0 Å². The second-order valence-corrected chi connectivity index (χ2v) is 3.48. The van der Waals surface area contributed by atoms with Gasteiger partial charge in [-0.15, -0.1) is 0 Å². The molecule has 1 heteroatoms. The number of rotatable bonds is 5. The first-order valence-electron chi connectivity index (χ1n) is 4.40. The molecule has 1 atom stereocenters. The summed E-state index contributed by atoms with van der Waals surface area (Å²) < 4.78 is 0. The van der Waals surface area contributed by atoms with Crippen LogP contribution in [-0.2, 0) is 0 Å². The molecule has 0 amide bonds. The second kappa shape index (κ2) is 5.72. The lowest BCUT2D eigenvalue weighted by Crippen LogP contribution is -2.10. The standard InChI is InChI=1S/C9H21N/c1-4-9(5-6-10)7-8(2)3/h8-9H,4-7,10H2,1-3H3. The lowest BCUT2D eigenvalue weighted by molar-refractivity contribution is 0.380. The molecule has 0 rings (SSSR count). The van der Waals surface area contributed by atoms with E-state index in [2.05, 4.69) is 20.8 Å². The highest BCUT2D eigenvalue weighted by molar-refractivity contribution is 4.59. The first kappa shape index (κ1) is 9.96. The summed E-state index contributed by atoms with van der Waals surface area (Å²) in [4.78, 5) is 0. The molecular weight excluding hydrogens is 122 g/mol. The third kappa shape index (κ3) is 4.80. The van der Waals surface area contributed by atoms with Crippen LogP contribution in [0.2, 0.25) is 0 Å². The predicted octanol–water partition coefficient (Wildman–Crippen LogP) is 2.41. The Morgan fingerprint density at radius 2 is 1.90 bits per heavy atom. The quantitative estimate of drug-likeness (QED) is 0.628. The molecule has 0 radical (unpaired) electrons. The molecule has 10 heavy (non-hydrogen) atoms. The maximum absolute atomic E-state index is 5.48. The lowest BCUT2D eigenvalue weighted by Gasteiger charge is -2.15. The molecule has 0 spiro atoms. The second-order valence-electron chi connectivity index (χ2n) is 3.48. The molecule has 0 saturated heterocycles. The molecule has 0 aliphatic heterocycles. The zero-order valence-corrected chi connectivity index (χ0v) is 7.56. The highest BCUT2D eigenvalue weighted by atomic mass is 14.5. The van der Waals surface area contributed by atoms with Gasteiger partial charge in [0.15, 0.2) is 0 Å². The Bertz CT molecular complexity index is 69.1. The molecule has 0 aromatic rings. The SMILES string of the molecule is CCC(CCN)CC(C)C. The van der Waals surface area contributed by atoms with Gasteiger partial charge in [0.25, 0.3) is 0 Å². The molecule has 0 aliphatic carbocycles. The molecule has 0 fully saturated rings. The summed E-state index contributed by atoms with van der Waals surface area (Å²) in [6.07, 6.45) is 3.83. The summed E-state index contributed by atoms with van der Waals surface area (Å²) >= 11 is 0. The highest BCUT2D eigenvalue weighted by Gasteiger charge is 2.06. The van der Waals surface area contributed by atoms with Crippen molar-refractivity contribution in [1.29, 1.82) is 0 Å². The van der Waals surface area contributed by atoms with Gasteiger partial charge in [0.2, 0.25) is 0 Å². The van der Waals surface area contributed by atoms with Crippen LogP contribution in [0.5, 0.6) is 0 Å². The van der Waals surface area contributed by atoms with Crippen molar-refractivity contribution in [2.75, 3.05) is 6.54 Å². The van der Waals surface area contributed by atoms with E-state index < -0.39 is 0 Å². The molecule has 0 aromatic heterocycles. The molecule has 0 aliphatic rings. The van der Waals surface area contributed by atoms with Crippen LogP contribution in [0, 0.1) is 11.8 Å². The maximum atomic E-state index is 5.48. The van der Waals surface area contributed by atoms with Crippen molar-refractivity contribution in [3.8, 4) is 0 Å². The fraction of sp³-hybridized carbons (Fsp3) is 1.00. The van der Waals surface area contributed by atoms with E-state index in [-0.39, 0.29) is 0 Å². The summed E-state index contributed by atoms with van der Waals surface area (Å²) in [5.41, 5.74) is 5.48. The van der Waals surface area contributed by atoms with Crippen molar-refractivity contribution in [2.24, 2.45) is 17.6 Å². The van der Waals surface area contributed by atoms with Crippen molar-refractivity contribution in [3.05, 3.63) is 0 Å². The molecule has 0 saturated carbocycles. The van der Waals surface area contributed by atoms with Crippen LogP contribution in [0.4, 0.5) is 0 Å². The molecule has 1 nitrogen and oxygen atoms in total. The Morgan fingerprint density at radius 1 is 1.30 bits per heavy atom. The summed E-state index contributed by atoms with van der Waals surface area (Å²) in [6.45, 7) is 7.66. The van der Waals surface area contributed by atoms with Gasteiger partial charge in [0.05, 0.1) is 0 Å². The molecule has 2 N–H and O–H groups in total. The predicted molar refractivity (Wildman–Crippen MR) is 46.9 cm³/mol. The van der Waals surface area contributed by atoms with Crippen molar-refractivity contribution in [3.63, 3.8) is 0 Å². The fourth-order valence-corrected chi connectivity index (χ4v) is 1.39. The van der Waals surface area contributed by atoms with Crippen molar-refractivity contribution in [1.82, 2.24) is 0 Å². The van der Waals surface area contributed by atoms with Crippen LogP contribution in [-0.4, -0.2) is 6.54 Å². The Morgan fingerprint density at radius 3 is 2.20 bits per heavy atom. The Labute approximate surface area is 65.0 Å². The van der Waals surface area contributed by atoms with Gasteiger partial charge in [-0.05, 0) is 31.2 Å². The minimum atomic E-state index is 0.830. The molecule has 0 aromatic carbocycles. The summed E-state index contributed by atoms with van der Waals surface area (Å²) in [5.74, 6) is 1.70. The molecular formula is C9H21N. The van der Waals surface area contributed by atoms with Gasteiger partial charge >= 0.3 is 0 Å². The van der Waals surface area contributed by atoms with E-state index in [0.29, 0.717) is 0 Å². The monoisotopic (exact) mass is 143 g/mol. The van der Waals surface area contributed by atoms with Gasteiger partial charge in [-0.3, -0.25) is 0 Å². The van der Waals surface area contributed by atoms with Gasteiger partial charge < -0.3 is 5.73 Å². The minimum Gasteiger partial charge on any atom is -0.330 e. The molecule has 1 unspecified atom stereocenters. The van der Waals surface area contributed by atoms with Crippen molar-refractivity contribution < 1.29 is 0 Å². The lowest BCUT2D eigenvalue weighted by atomic mass is 9.92. The van der Waals surface area contributed by atoms with E-state index >= 15 is 0 Å². The van der Waals surface area contributed by atoms with Crippen LogP contribution in [0.25, 0.3) is 0 Å². The van der Waals surface area contributed by atoms with E-state index in [1.54, 1.807) is 0 Å². The van der Waals surface area contributed by atoms with Crippen LogP contribution < -0.4 is 5.73 Å². The Balaban J connectivity index is 3.39. The fourth-order valence-electron chi connectivity index (χ4n) is 1.39. The molecule has 0 bridgehead atoms. The van der Waals surface area contributed by atoms with Gasteiger partial charge in [-0.2, -0.15) is 0 Å². The van der Waals surface area contributed by atoms with Crippen LogP contribution in [0.15, 0.2) is 0 Å². The normalized spacial score (nSPS) is 14.1. The molecule has 0 heterocycles. The van der Waals surface area contributed by atoms with E-state index in [0.717, 1.165) is 18.4 Å². The highest BCUT2D eigenvalue weighted by Crippen LogP contribution is 2.17. The van der Waals surface area contributed by atoms with Gasteiger partial charge in [0.1, 0.15) is 0 Å². The number of hydrogen-bond acceptors (Lipinski definition) is 1. The first-order chi connectivity index (χ1) is 4.70.